The summed E-state index contributed by atoms with van der Waals surface area (Å²) in [6, 6.07) is 0.838. The van der Waals surface area contributed by atoms with Crippen molar-refractivity contribution in [3.05, 3.63) is 0 Å². The first-order valence-corrected chi connectivity index (χ1v) is 6.91. The summed E-state index contributed by atoms with van der Waals surface area (Å²) in [6.45, 7) is 1.41. The van der Waals surface area contributed by atoms with Gasteiger partial charge in [-0.2, -0.15) is 4.31 Å². The van der Waals surface area contributed by atoms with Crippen molar-refractivity contribution in [2.45, 2.75) is 43.0 Å². The zero-order chi connectivity index (χ0) is 9.76. The van der Waals surface area contributed by atoms with Gasteiger partial charge in [-0.1, -0.05) is 0 Å². The largest absolute Gasteiger partial charge is 0.309 e. The zero-order valence-electron chi connectivity index (χ0n) is 8.15. The van der Waals surface area contributed by atoms with Gasteiger partial charge in [0.15, 0.2) is 0 Å². The summed E-state index contributed by atoms with van der Waals surface area (Å²) in [5.74, 6) is 0. The maximum atomic E-state index is 12.0. The minimum Gasteiger partial charge on any atom is -0.309 e. The third kappa shape index (κ3) is 1.38. The number of sulfonamides is 1. The number of nitrogens with zero attached hydrogens (tertiary/aromatic N) is 1. The molecule has 5 heteroatoms. The van der Waals surface area contributed by atoms with Crippen molar-refractivity contribution < 1.29 is 8.42 Å². The standard InChI is InChI=1S/C9H16N2O2S/c12-14(13,9-3-4-9)11-5-7-1-2-8(6-11)10-7/h7-10H,1-6H2/t7-,8+. The Morgan fingerprint density at radius 2 is 1.57 bits per heavy atom. The van der Waals surface area contributed by atoms with Gasteiger partial charge in [0.25, 0.3) is 0 Å². The summed E-state index contributed by atoms with van der Waals surface area (Å²) in [7, 11) is -2.92. The molecule has 2 saturated heterocycles. The molecule has 3 fully saturated rings. The van der Waals surface area contributed by atoms with Gasteiger partial charge >= 0.3 is 0 Å². The van der Waals surface area contributed by atoms with E-state index >= 15 is 0 Å². The second-order valence-corrected chi connectivity index (χ2v) is 6.91. The average molecular weight is 216 g/mol. The van der Waals surface area contributed by atoms with Gasteiger partial charge in [0.2, 0.25) is 10.0 Å². The summed E-state index contributed by atoms with van der Waals surface area (Å²) < 4.78 is 25.7. The molecule has 0 aromatic heterocycles. The molecule has 2 heterocycles. The lowest BCUT2D eigenvalue weighted by atomic mass is 10.2. The van der Waals surface area contributed by atoms with Gasteiger partial charge in [0.05, 0.1) is 5.25 Å². The topological polar surface area (TPSA) is 49.4 Å². The normalized spacial score (nSPS) is 38.9. The molecule has 0 aromatic carbocycles. The van der Waals surface area contributed by atoms with Crippen molar-refractivity contribution in [3.8, 4) is 0 Å². The Labute approximate surface area is 84.7 Å². The van der Waals surface area contributed by atoms with Crippen LogP contribution >= 0.6 is 0 Å². The number of hydrogen-bond acceptors (Lipinski definition) is 3. The van der Waals surface area contributed by atoms with E-state index in [0.717, 1.165) is 25.7 Å². The first kappa shape index (κ1) is 9.12. The molecule has 2 atom stereocenters. The number of nitrogens with one attached hydrogen (secondary N) is 1. The highest BCUT2D eigenvalue weighted by molar-refractivity contribution is 7.90. The number of fused-ring (bicyclic) bond motifs is 2. The minimum absolute atomic E-state index is 0.0417. The molecule has 1 saturated carbocycles. The molecule has 2 bridgehead atoms. The fourth-order valence-electron chi connectivity index (χ4n) is 2.54. The highest BCUT2D eigenvalue weighted by atomic mass is 32.2. The molecule has 3 rings (SSSR count). The van der Waals surface area contributed by atoms with Gasteiger partial charge in [-0.15, -0.1) is 0 Å². The second kappa shape index (κ2) is 2.93. The SMILES string of the molecule is O=S(=O)(C1CC1)N1C[C@H]2CC[C@@H](C1)N2. The molecule has 4 nitrogen and oxygen atoms in total. The molecule has 0 aromatic rings. The Kier molecular flexibility index (Phi) is 1.91. The van der Waals surface area contributed by atoms with Crippen molar-refractivity contribution in [2.24, 2.45) is 0 Å². The van der Waals surface area contributed by atoms with E-state index in [2.05, 4.69) is 5.32 Å². The van der Waals surface area contributed by atoms with E-state index in [1.807, 2.05) is 0 Å². The van der Waals surface area contributed by atoms with Gasteiger partial charge in [-0.25, -0.2) is 8.42 Å². The quantitative estimate of drug-likeness (QED) is 0.702. The monoisotopic (exact) mass is 216 g/mol. The van der Waals surface area contributed by atoms with Crippen LogP contribution in [0.5, 0.6) is 0 Å². The molecular weight excluding hydrogens is 200 g/mol. The summed E-state index contributed by atoms with van der Waals surface area (Å²) in [6.07, 6.45) is 4.03. The lowest BCUT2D eigenvalue weighted by Gasteiger charge is -2.31. The van der Waals surface area contributed by atoms with Crippen LogP contribution in [0.15, 0.2) is 0 Å². The summed E-state index contributed by atoms with van der Waals surface area (Å²) in [5, 5.41) is 3.40. The van der Waals surface area contributed by atoms with E-state index in [9.17, 15) is 8.42 Å². The van der Waals surface area contributed by atoms with E-state index in [1.165, 1.54) is 0 Å². The van der Waals surface area contributed by atoms with E-state index in [-0.39, 0.29) is 5.25 Å². The Bertz CT molecular complexity index is 325. The van der Waals surface area contributed by atoms with Crippen LogP contribution in [0.1, 0.15) is 25.7 Å². The van der Waals surface area contributed by atoms with Gasteiger partial charge in [0, 0.05) is 25.2 Å². The first-order valence-electron chi connectivity index (χ1n) is 5.41. The van der Waals surface area contributed by atoms with Crippen LogP contribution in [-0.2, 0) is 10.0 Å². The van der Waals surface area contributed by atoms with Gasteiger partial charge in [-0.05, 0) is 25.7 Å². The summed E-state index contributed by atoms with van der Waals surface area (Å²) >= 11 is 0. The van der Waals surface area contributed by atoms with E-state index in [1.54, 1.807) is 4.31 Å². The first-order chi connectivity index (χ1) is 6.66. The smallest absolute Gasteiger partial charge is 0.217 e. The summed E-state index contributed by atoms with van der Waals surface area (Å²) in [5.41, 5.74) is 0. The molecule has 0 radical (unpaired) electrons. The molecule has 14 heavy (non-hydrogen) atoms. The number of hydrogen-bond donors (Lipinski definition) is 1. The molecule has 1 aliphatic carbocycles. The molecular formula is C9H16N2O2S. The predicted molar refractivity (Wildman–Crippen MR) is 53.5 cm³/mol. The molecule has 0 spiro atoms. The highest BCUT2D eigenvalue weighted by Crippen LogP contribution is 2.33. The molecule has 2 aliphatic heterocycles. The molecule has 0 amide bonds. The maximum absolute atomic E-state index is 12.0. The van der Waals surface area contributed by atoms with Crippen LogP contribution in [0, 0.1) is 0 Å². The van der Waals surface area contributed by atoms with E-state index in [4.69, 9.17) is 0 Å². The third-order valence-corrected chi connectivity index (χ3v) is 5.82. The van der Waals surface area contributed by atoms with Crippen molar-refractivity contribution in [2.75, 3.05) is 13.1 Å². The van der Waals surface area contributed by atoms with Crippen LogP contribution in [0.2, 0.25) is 0 Å². The Morgan fingerprint density at radius 3 is 2.07 bits per heavy atom. The minimum atomic E-state index is -2.92. The van der Waals surface area contributed by atoms with E-state index in [0.29, 0.717) is 25.2 Å². The fraction of sp³-hybridized carbons (Fsp3) is 1.00. The van der Waals surface area contributed by atoms with Crippen LogP contribution in [-0.4, -0.2) is 43.1 Å². The zero-order valence-corrected chi connectivity index (χ0v) is 8.96. The predicted octanol–water partition coefficient (Wildman–Crippen LogP) is -0.0852. The van der Waals surface area contributed by atoms with Crippen LogP contribution in [0.3, 0.4) is 0 Å². The Hall–Kier alpha value is -0.130. The molecule has 0 unspecified atom stereocenters. The lowest BCUT2D eigenvalue weighted by molar-refractivity contribution is 0.296. The Balaban J connectivity index is 1.79. The van der Waals surface area contributed by atoms with Gasteiger partial charge < -0.3 is 5.32 Å². The van der Waals surface area contributed by atoms with E-state index < -0.39 is 10.0 Å². The van der Waals surface area contributed by atoms with Gasteiger partial charge in [0.1, 0.15) is 0 Å². The van der Waals surface area contributed by atoms with Crippen LogP contribution in [0.25, 0.3) is 0 Å². The van der Waals surface area contributed by atoms with Crippen molar-refractivity contribution in [1.29, 1.82) is 0 Å². The van der Waals surface area contributed by atoms with Gasteiger partial charge in [-0.3, -0.25) is 0 Å². The second-order valence-electron chi connectivity index (χ2n) is 4.70. The fourth-order valence-corrected chi connectivity index (χ4v) is 4.47. The third-order valence-electron chi connectivity index (χ3n) is 3.49. The Morgan fingerprint density at radius 1 is 1.00 bits per heavy atom. The average Bonchev–Trinajstić information content (AvgIpc) is 2.94. The number of rotatable bonds is 2. The van der Waals surface area contributed by atoms with Crippen LogP contribution in [0.4, 0.5) is 0 Å². The number of piperazine rings is 1. The summed E-state index contributed by atoms with van der Waals surface area (Å²) in [4.78, 5) is 0. The van der Waals surface area contributed by atoms with Crippen molar-refractivity contribution in [3.63, 3.8) is 0 Å². The van der Waals surface area contributed by atoms with Crippen LogP contribution < -0.4 is 5.32 Å². The maximum Gasteiger partial charge on any atom is 0.217 e. The molecule has 3 aliphatic rings. The molecule has 1 N–H and O–H groups in total. The van der Waals surface area contributed by atoms with Crippen molar-refractivity contribution in [1.82, 2.24) is 9.62 Å². The highest BCUT2D eigenvalue weighted by Gasteiger charge is 2.44. The lowest BCUT2D eigenvalue weighted by Crippen LogP contribution is -2.53. The van der Waals surface area contributed by atoms with Crippen molar-refractivity contribution >= 4 is 10.0 Å². The molecule has 80 valence electrons.